The van der Waals surface area contributed by atoms with Gasteiger partial charge in [-0.25, -0.2) is 23.2 Å². The molecule has 0 spiro atoms. The van der Waals surface area contributed by atoms with E-state index >= 15 is 0 Å². The van der Waals surface area contributed by atoms with Crippen LogP contribution in [0.3, 0.4) is 0 Å². The Morgan fingerprint density at radius 3 is 2.33 bits per heavy atom. The molecule has 0 radical (unpaired) electrons. The Bertz CT molecular complexity index is 1640. The summed E-state index contributed by atoms with van der Waals surface area (Å²) in [5.74, 6) is 1.04. The van der Waals surface area contributed by atoms with Crippen LogP contribution in [0.5, 0.6) is 5.75 Å². The first-order valence-electron chi connectivity index (χ1n) is 14.8. The molecule has 1 saturated heterocycles. The van der Waals surface area contributed by atoms with E-state index < -0.39 is 20.7 Å². The lowest BCUT2D eigenvalue weighted by atomic mass is 10.1. The van der Waals surface area contributed by atoms with Gasteiger partial charge in [0.2, 0.25) is 5.95 Å². The van der Waals surface area contributed by atoms with Crippen LogP contribution >= 0.6 is 11.6 Å². The summed E-state index contributed by atoms with van der Waals surface area (Å²) >= 11 is 6.42. The van der Waals surface area contributed by atoms with Crippen molar-refractivity contribution in [3.05, 3.63) is 47.2 Å². The van der Waals surface area contributed by atoms with Gasteiger partial charge in [0.05, 0.1) is 28.9 Å². The third kappa shape index (κ3) is 8.46. The van der Waals surface area contributed by atoms with Gasteiger partial charge in [-0.15, -0.1) is 0 Å². The van der Waals surface area contributed by atoms with E-state index in [0.717, 1.165) is 11.3 Å². The van der Waals surface area contributed by atoms with Crippen LogP contribution in [0.1, 0.15) is 54.0 Å². The fraction of sp³-hybridized carbons (Fsp3) is 0.484. The number of sulfone groups is 1. The van der Waals surface area contributed by atoms with Gasteiger partial charge in [-0.1, -0.05) is 11.6 Å². The number of benzene rings is 1. The topological polar surface area (TPSA) is 139 Å². The molecule has 3 heterocycles. The van der Waals surface area contributed by atoms with Crippen molar-refractivity contribution < 1.29 is 22.7 Å². The van der Waals surface area contributed by atoms with Crippen molar-refractivity contribution in [2.75, 3.05) is 41.7 Å². The number of carbonyl (C=O) groups is 1. The van der Waals surface area contributed by atoms with E-state index in [9.17, 15) is 13.2 Å². The lowest BCUT2D eigenvalue weighted by Gasteiger charge is -2.37. The summed E-state index contributed by atoms with van der Waals surface area (Å²) in [5, 5.41) is 5.72. The largest absolute Gasteiger partial charge is 0.489 e. The molecule has 4 rings (SSSR count). The number of anilines is 5. The molecule has 1 aliphatic heterocycles. The molecule has 1 amide bonds. The fourth-order valence-electron chi connectivity index (χ4n) is 4.62. The normalized spacial score (nSPS) is 14.1. The number of hydrogen-bond donors (Lipinski definition) is 2. The van der Waals surface area contributed by atoms with Gasteiger partial charge in [0.1, 0.15) is 16.4 Å². The third-order valence-electron chi connectivity index (χ3n) is 6.84. The number of halogens is 1. The third-order valence-corrected chi connectivity index (χ3v) is 9.22. The number of amides is 1. The van der Waals surface area contributed by atoms with E-state index in [2.05, 4.69) is 30.5 Å². The van der Waals surface area contributed by atoms with E-state index in [1.807, 2.05) is 53.7 Å². The number of ether oxygens (including phenoxy) is 2. The number of nitrogens with one attached hydrogen (secondary N) is 2. The molecule has 3 aromatic rings. The molecule has 1 aromatic carbocycles. The zero-order chi connectivity index (χ0) is 33.1. The Morgan fingerprint density at radius 1 is 1.02 bits per heavy atom. The van der Waals surface area contributed by atoms with Crippen LogP contribution in [0.4, 0.5) is 33.6 Å². The van der Waals surface area contributed by atoms with E-state index in [4.69, 9.17) is 21.1 Å². The van der Waals surface area contributed by atoms with Crippen molar-refractivity contribution in [1.82, 2.24) is 19.9 Å². The average molecular weight is 660 g/mol. The Balaban J connectivity index is 1.58. The highest BCUT2D eigenvalue weighted by atomic mass is 35.5. The van der Waals surface area contributed by atoms with Crippen molar-refractivity contribution in [2.45, 2.75) is 77.4 Å². The molecule has 2 N–H and O–H groups in total. The maximum absolute atomic E-state index is 12.9. The van der Waals surface area contributed by atoms with Crippen LogP contribution in [-0.2, 0) is 14.6 Å². The number of rotatable bonds is 9. The van der Waals surface area contributed by atoms with E-state index in [0.29, 0.717) is 37.6 Å². The molecule has 1 aliphatic rings. The molecule has 0 aliphatic carbocycles. The molecule has 12 nitrogen and oxygen atoms in total. The van der Waals surface area contributed by atoms with Crippen molar-refractivity contribution in [1.29, 1.82) is 0 Å². The van der Waals surface area contributed by atoms with Gasteiger partial charge in [0.25, 0.3) is 0 Å². The summed E-state index contributed by atoms with van der Waals surface area (Å²) in [7, 11) is -3.67. The first kappa shape index (κ1) is 34.0. The summed E-state index contributed by atoms with van der Waals surface area (Å²) in [6.45, 7) is 17.1. The Hall–Kier alpha value is -3.84. The van der Waals surface area contributed by atoms with Gasteiger partial charge in [0.15, 0.2) is 20.7 Å². The Labute approximate surface area is 270 Å². The highest BCUT2D eigenvalue weighted by molar-refractivity contribution is 7.92. The van der Waals surface area contributed by atoms with Gasteiger partial charge in [-0.05, 0) is 79.2 Å². The van der Waals surface area contributed by atoms with Gasteiger partial charge in [0, 0.05) is 44.1 Å². The number of hydrogen-bond acceptors (Lipinski definition) is 11. The molecule has 0 saturated carbocycles. The van der Waals surface area contributed by atoms with Gasteiger partial charge in [-0.3, -0.25) is 0 Å². The predicted octanol–water partition coefficient (Wildman–Crippen LogP) is 6.35. The van der Waals surface area contributed by atoms with Crippen molar-refractivity contribution in [3.63, 3.8) is 0 Å². The Kier molecular flexibility index (Phi) is 10.3. The van der Waals surface area contributed by atoms with E-state index in [1.54, 1.807) is 30.9 Å². The minimum Gasteiger partial charge on any atom is -0.489 e. The van der Waals surface area contributed by atoms with Crippen LogP contribution in [0.2, 0.25) is 5.02 Å². The molecule has 0 atom stereocenters. The lowest BCUT2D eigenvalue weighted by molar-refractivity contribution is 0.0240. The number of aromatic nitrogens is 3. The zero-order valence-electron chi connectivity index (χ0n) is 27.0. The zero-order valence-corrected chi connectivity index (χ0v) is 28.6. The smallest absolute Gasteiger partial charge is 0.410 e. The monoisotopic (exact) mass is 659 g/mol. The number of aryl methyl sites for hydroxylation is 1. The summed E-state index contributed by atoms with van der Waals surface area (Å²) in [5.41, 5.74) is 2.35. The minimum atomic E-state index is -3.67. The molecule has 2 aromatic heterocycles. The number of nitrogens with zero attached hydrogens (tertiary/aromatic N) is 5. The summed E-state index contributed by atoms with van der Waals surface area (Å²) < 4.78 is 37.6. The Morgan fingerprint density at radius 2 is 1.71 bits per heavy atom. The van der Waals surface area contributed by atoms with Gasteiger partial charge in [-0.2, -0.15) is 4.98 Å². The first-order valence-corrected chi connectivity index (χ1v) is 16.8. The summed E-state index contributed by atoms with van der Waals surface area (Å²) in [6.07, 6.45) is 2.44. The predicted molar refractivity (Wildman–Crippen MR) is 177 cm³/mol. The second kappa shape index (κ2) is 13.7. The second-order valence-electron chi connectivity index (χ2n) is 12.3. The quantitative estimate of drug-likeness (QED) is 0.266. The minimum absolute atomic E-state index is 0.0880. The van der Waals surface area contributed by atoms with Crippen molar-refractivity contribution in [2.24, 2.45) is 0 Å². The molecule has 244 valence electrons. The second-order valence-corrected chi connectivity index (χ2v) is 15.2. The van der Waals surface area contributed by atoms with Crippen LogP contribution in [-0.4, -0.2) is 77.5 Å². The van der Waals surface area contributed by atoms with Crippen LogP contribution in [0.15, 0.2) is 41.7 Å². The van der Waals surface area contributed by atoms with Crippen molar-refractivity contribution >= 4 is 56.4 Å². The highest BCUT2D eigenvalue weighted by Gasteiger charge is 2.28. The van der Waals surface area contributed by atoms with E-state index in [1.165, 1.54) is 12.4 Å². The number of carbonyl (C=O) groups excluding carboxylic acids is 1. The lowest BCUT2D eigenvalue weighted by Crippen LogP contribution is -2.50. The fourth-order valence-corrected chi connectivity index (χ4v) is 5.84. The highest BCUT2D eigenvalue weighted by Crippen LogP contribution is 2.37. The number of piperazine rings is 1. The summed E-state index contributed by atoms with van der Waals surface area (Å²) in [6, 6.07) is 7.19. The summed E-state index contributed by atoms with van der Waals surface area (Å²) in [4.78, 5) is 29.5. The van der Waals surface area contributed by atoms with Gasteiger partial charge >= 0.3 is 6.09 Å². The van der Waals surface area contributed by atoms with Crippen LogP contribution < -0.4 is 20.3 Å². The van der Waals surface area contributed by atoms with Crippen LogP contribution in [0, 0.1) is 6.92 Å². The van der Waals surface area contributed by atoms with Crippen molar-refractivity contribution in [3.8, 4) is 5.75 Å². The average Bonchev–Trinajstić information content (AvgIpc) is 2.95. The van der Waals surface area contributed by atoms with Gasteiger partial charge < -0.3 is 29.9 Å². The molecule has 0 unspecified atom stereocenters. The van der Waals surface area contributed by atoms with E-state index in [-0.39, 0.29) is 39.7 Å². The molecule has 45 heavy (non-hydrogen) atoms. The molecular weight excluding hydrogens is 618 g/mol. The SMILES string of the molecule is Cc1cc(Nc2ncc(Cl)c(Nc3cccnc3S(=O)(=O)C(C)C)n2)c(OC(C)C)cc1N1CCN(C(=O)OC(C)(C)C)CC1. The molecule has 14 heteroatoms. The maximum atomic E-state index is 12.9. The van der Waals surface area contributed by atoms with Crippen LogP contribution in [0.25, 0.3) is 0 Å². The molecule has 0 bridgehead atoms. The standard InChI is InChI=1S/C31H42ClN7O5S/c1-19(2)43-26-17-25(38-12-14-39(15-13-38)30(40)44-31(6,7)8)21(5)16-24(26)36-29-34-18-22(32)27(37-29)35-23-10-9-11-33-28(23)45(41,42)20(3)4/h9-11,16-20H,12-15H2,1-8H3,(H2,34,35,36,37). The maximum Gasteiger partial charge on any atom is 0.410 e. The molecule has 1 fully saturated rings. The first-order chi connectivity index (χ1) is 21.0. The molecular formula is C31H42ClN7O5S. The number of pyridine rings is 1.